The van der Waals surface area contributed by atoms with Crippen LogP contribution in [0, 0.1) is 11.3 Å². The first-order chi connectivity index (χ1) is 9.52. The summed E-state index contributed by atoms with van der Waals surface area (Å²) in [5.74, 6) is -2.95. The molecule has 6 heteroatoms. The van der Waals surface area contributed by atoms with Crippen molar-refractivity contribution < 1.29 is 18.3 Å². The predicted octanol–water partition coefficient (Wildman–Crippen LogP) is 2.95. The van der Waals surface area contributed by atoms with E-state index in [0.717, 1.165) is 10.5 Å². The quantitative estimate of drug-likeness (QED) is 0.855. The van der Waals surface area contributed by atoms with Gasteiger partial charge in [0.2, 0.25) is 0 Å². The molecule has 1 atom stereocenters. The molecule has 1 amide bonds. The van der Waals surface area contributed by atoms with Crippen molar-refractivity contribution in [1.29, 1.82) is 5.26 Å². The van der Waals surface area contributed by atoms with E-state index in [4.69, 9.17) is 10.00 Å². The Bertz CT molecular complexity index is 514. The van der Waals surface area contributed by atoms with Crippen LogP contribution in [0.2, 0.25) is 0 Å². The van der Waals surface area contributed by atoms with Crippen molar-refractivity contribution in [2.45, 2.75) is 31.4 Å². The molecule has 1 aliphatic rings. The second kappa shape index (κ2) is 5.87. The molecule has 0 aromatic heterocycles. The fourth-order valence-electron chi connectivity index (χ4n) is 2.20. The second-order valence-electron chi connectivity index (χ2n) is 4.74. The predicted molar refractivity (Wildman–Crippen MR) is 66.9 cm³/mol. The lowest BCUT2D eigenvalue weighted by Gasteiger charge is -2.21. The van der Waals surface area contributed by atoms with Crippen LogP contribution < -0.4 is 0 Å². The molecule has 1 heterocycles. The van der Waals surface area contributed by atoms with Gasteiger partial charge in [0.25, 0.3) is 5.92 Å². The number of ether oxygens (including phenoxy) is 1. The number of benzene rings is 1. The van der Waals surface area contributed by atoms with Crippen molar-refractivity contribution in [2.24, 2.45) is 0 Å². The molecule has 2 rings (SSSR count). The highest BCUT2D eigenvalue weighted by atomic mass is 19.3. The molecule has 0 saturated carbocycles. The SMILES string of the molecule is N#CCC1CC(F)(F)CN1C(=O)OCc1ccccc1. The molecular weight excluding hydrogens is 266 g/mol. The van der Waals surface area contributed by atoms with Crippen LogP contribution in [-0.2, 0) is 11.3 Å². The molecule has 106 valence electrons. The lowest BCUT2D eigenvalue weighted by atomic mass is 10.1. The average Bonchev–Trinajstić information content (AvgIpc) is 2.73. The Balaban J connectivity index is 1.96. The minimum Gasteiger partial charge on any atom is -0.445 e. The van der Waals surface area contributed by atoms with Crippen LogP contribution in [0.25, 0.3) is 0 Å². The van der Waals surface area contributed by atoms with E-state index in [1.807, 2.05) is 12.1 Å². The van der Waals surface area contributed by atoms with Crippen molar-refractivity contribution in [3.05, 3.63) is 35.9 Å². The monoisotopic (exact) mass is 280 g/mol. The molecule has 1 aromatic rings. The van der Waals surface area contributed by atoms with Crippen LogP contribution in [0.5, 0.6) is 0 Å². The van der Waals surface area contributed by atoms with Crippen LogP contribution in [0.3, 0.4) is 0 Å². The maximum absolute atomic E-state index is 13.3. The Morgan fingerprint density at radius 2 is 2.15 bits per heavy atom. The highest BCUT2D eigenvalue weighted by Gasteiger charge is 2.47. The van der Waals surface area contributed by atoms with Crippen LogP contribution in [0.15, 0.2) is 30.3 Å². The number of hydrogen-bond acceptors (Lipinski definition) is 3. The fraction of sp³-hybridized carbons (Fsp3) is 0.429. The molecule has 1 saturated heterocycles. The van der Waals surface area contributed by atoms with E-state index in [-0.39, 0.29) is 13.0 Å². The van der Waals surface area contributed by atoms with E-state index < -0.39 is 31.0 Å². The van der Waals surface area contributed by atoms with Gasteiger partial charge in [-0.3, -0.25) is 4.90 Å². The van der Waals surface area contributed by atoms with E-state index >= 15 is 0 Å². The summed E-state index contributed by atoms with van der Waals surface area (Å²) in [5.41, 5.74) is 0.781. The van der Waals surface area contributed by atoms with Gasteiger partial charge < -0.3 is 4.74 Å². The number of amides is 1. The van der Waals surface area contributed by atoms with Gasteiger partial charge in [0.15, 0.2) is 0 Å². The summed E-state index contributed by atoms with van der Waals surface area (Å²) in [6, 6.07) is 10.0. The number of carbonyl (C=O) groups is 1. The Hall–Kier alpha value is -2.16. The third-order valence-corrected chi connectivity index (χ3v) is 3.14. The van der Waals surface area contributed by atoms with Crippen LogP contribution in [0.1, 0.15) is 18.4 Å². The lowest BCUT2D eigenvalue weighted by molar-refractivity contribution is 0.0101. The van der Waals surface area contributed by atoms with E-state index in [2.05, 4.69) is 0 Å². The summed E-state index contributed by atoms with van der Waals surface area (Å²) in [5, 5.41) is 8.63. The molecule has 4 nitrogen and oxygen atoms in total. The van der Waals surface area contributed by atoms with Gasteiger partial charge >= 0.3 is 6.09 Å². The third-order valence-electron chi connectivity index (χ3n) is 3.14. The normalized spacial score (nSPS) is 20.4. The maximum atomic E-state index is 13.3. The summed E-state index contributed by atoms with van der Waals surface area (Å²) < 4.78 is 31.7. The zero-order chi connectivity index (χ0) is 14.6. The number of nitrogens with zero attached hydrogens (tertiary/aromatic N) is 2. The summed E-state index contributed by atoms with van der Waals surface area (Å²) >= 11 is 0. The number of hydrogen-bond donors (Lipinski definition) is 0. The van der Waals surface area contributed by atoms with Gasteiger partial charge in [-0.15, -0.1) is 0 Å². The molecule has 1 aliphatic heterocycles. The summed E-state index contributed by atoms with van der Waals surface area (Å²) in [6.07, 6.45) is -1.40. The van der Waals surface area contributed by atoms with E-state index in [1.165, 1.54) is 0 Å². The van der Waals surface area contributed by atoms with E-state index in [1.54, 1.807) is 24.3 Å². The molecule has 0 aliphatic carbocycles. The standard InChI is InChI=1S/C14H14F2N2O2/c15-14(16)8-12(6-7-17)18(10-14)13(19)20-9-11-4-2-1-3-5-11/h1-5,12H,6,8-10H2. The van der Waals surface area contributed by atoms with Crippen molar-refractivity contribution in [3.8, 4) is 6.07 Å². The Labute approximate surface area is 115 Å². The highest BCUT2D eigenvalue weighted by Crippen LogP contribution is 2.33. The summed E-state index contributed by atoms with van der Waals surface area (Å²) in [6.45, 7) is -0.659. The Morgan fingerprint density at radius 3 is 2.80 bits per heavy atom. The average molecular weight is 280 g/mol. The van der Waals surface area contributed by atoms with Gasteiger partial charge in [0.05, 0.1) is 25.1 Å². The number of halogens is 2. The molecular formula is C14H14F2N2O2. The molecule has 0 spiro atoms. The van der Waals surface area contributed by atoms with Crippen LogP contribution >= 0.6 is 0 Å². The summed E-state index contributed by atoms with van der Waals surface area (Å²) in [7, 11) is 0. The molecule has 0 N–H and O–H groups in total. The number of nitriles is 1. The zero-order valence-electron chi connectivity index (χ0n) is 10.8. The minimum atomic E-state index is -2.95. The molecule has 1 unspecified atom stereocenters. The fourth-order valence-corrected chi connectivity index (χ4v) is 2.20. The smallest absolute Gasteiger partial charge is 0.410 e. The minimum absolute atomic E-state index is 0.0288. The van der Waals surface area contributed by atoms with Crippen molar-refractivity contribution in [1.82, 2.24) is 4.90 Å². The highest BCUT2D eigenvalue weighted by molar-refractivity contribution is 5.68. The molecule has 1 aromatic carbocycles. The zero-order valence-corrected chi connectivity index (χ0v) is 10.8. The first-order valence-corrected chi connectivity index (χ1v) is 6.24. The van der Waals surface area contributed by atoms with E-state index in [9.17, 15) is 13.6 Å². The second-order valence-corrected chi connectivity index (χ2v) is 4.74. The van der Waals surface area contributed by atoms with Gasteiger partial charge in [-0.1, -0.05) is 30.3 Å². The number of alkyl halides is 2. The number of rotatable bonds is 3. The van der Waals surface area contributed by atoms with Crippen molar-refractivity contribution >= 4 is 6.09 Å². The number of carbonyl (C=O) groups excluding carboxylic acids is 1. The summed E-state index contributed by atoms with van der Waals surface area (Å²) in [4.78, 5) is 12.8. The van der Waals surface area contributed by atoms with Gasteiger partial charge in [-0.05, 0) is 5.56 Å². The molecule has 1 fully saturated rings. The van der Waals surface area contributed by atoms with Crippen LogP contribution in [0.4, 0.5) is 13.6 Å². The topological polar surface area (TPSA) is 53.3 Å². The van der Waals surface area contributed by atoms with Gasteiger partial charge in [0.1, 0.15) is 6.61 Å². The Kier molecular flexibility index (Phi) is 4.18. The third kappa shape index (κ3) is 3.44. The lowest BCUT2D eigenvalue weighted by Crippen LogP contribution is -2.36. The van der Waals surface area contributed by atoms with Crippen molar-refractivity contribution in [2.75, 3.05) is 6.54 Å². The van der Waals surface area contributed by atoms with Crippen LogP contribution in [-0.4, -0.2) is 29.5 Å². The van der Waals surface area contributed by atoms with Gasteiger partial charge in [-0.2, -0.15) is 5.26 Å². The Morgan fingerprint density at radius 1 is 1.45 bits per heavy atom. The number of likely N-dealkylation sites (tertiary alicyclic amines) is 1. The molecule has 0 radical (unpaired) electrons. The first-order valence-electron chi connectivity index (χ1n) is 6.24. The van der Waals surface area contributed by atoms with Crippen molar-refractivity contribution in [3.63, 3.8) is 0 Å². The largest absolute Gasteiger partial charge is 0.445 e. The molecule has 0 bridgehead atoms. The van der Waals surface area contributed by atoms with Gasteiger partial charge in [0, 0.05) is 6.42 Å². The maximum Gasteiger partial charge on any atom is 0.410 e. The van der Waals surface area contributed by atoms with Gasteiger partial charge in [-0.25, -0.2) is 13.6 Å². The molecule has 20 heavy (non-hydrogen) atoms. The first kappa shape index (κ1) is 14.3. The van der Waals surface area contributed by atoms with E-state index in [0.29, 0.717) is 0 Å².